The van der Waals surface area contributed by atoms with Gasteiger partial charge in [-0.25, -0.2) is 0 Å². The molecule has 0 bridgehead atoms. The number of hydrogen-bond donors (Lipinski definition) is 0. The van der Waals surface area contributed by atoms with E-state index in [1.165, 1.54) is 0 Å². The smallest absolute Gasteiger partial charge is 0.756 e. The van der Waals surface area contributed by atoms with Crippen molar-refractivity contribution in [3.05, 3.63) is 0 Å². The van der Waals surface area contributed by atoms with Crippen molar-refractivity contribution in [1.82, 2.24) is 0 Å². The maximum Gasteiger partial charge on any atom is 3.00 e. The summed E-state index contributed by atoms with van der Waals surface area (Å²) in [7, 11) is -1.83. The first-order valence-corrected chi connectivity index (χ1v) is 3.01. The first kappa shape index (κ1) is 11.7. The largest absolute Gasteiger partial charge is 3.00 e. The molecule has 8 heavy (non-hydrogen) atoms. The molecule has 0 aliphatic rings. The second-order valence-electron chi connectivity index (χ2n) is 0.812. The Bertz CT molecular complexity index is 86.0. The first-order chi connectivity index (χ1) is 3.12. The molecule has 46 valence electrons. The molecule has 0 fully saturated rings. The Hall–Kier alpha value is 0.928. The van der Waals surface area contributed by atoms with Crippen LogP contribution in [-0.2, 0) is 13.6 Å². The summed E-state index contributed by atoms with van der Waals surface area (Å²) in [5, 5.41) is 0. The molecule has 0 N–H and O–H groups in total. The summed E-state index contributed by atoms with van der Waals surface area (Å²) in [5.41, 5.74) is 0. The molecule has 0 aromatic rings. The molecule has 2 radical (unpaired) electrons. The second-order valence-corrected chi connectivity index (χ2v) is 2.44. The fraction of sp³-hybridized carbons (Fsp3) is 1.00. The van der Waals surface area contributed by atoms with E-state index in [2.05, 4.69) is 9.05 Å². The van der Waals surface area contributed by atoms with Crippen molar-refractivity contribution in [2.75, 3.05) is 14.2 Å². The predicted octanol–water partition coefficient (Wildman–Crippen LogP) is -0.633. The van der Waals surface area contributed by atoms with Gasteiger partial charge in [0, 0.05) is 14.2 Å². The van der Waals surface area contributed by atoms with E-state index in [1.54, 1.807) is 0 Å². The van der Waals surface area contributed by atoms with Gasteiger partial charge in [0.1, 0.15) is 0 Å². The summed E-state index contributed by atoms with van der Waals surface area (Å²) in [6.45, 7) is 0. The summed E-state index contributed by atoms with van der Waals surface area (Å²) in [6, 6.07) is 0. The summed E-state index contributed by atoms with van der Waals surface area (Å²) in [4.78, 5) is 9.95. The van der Waals surface area contributed by atoms with E-state index in [4.69, 9.17) is 0 Å². The molecule has 0 aliphatic carbocycles. The van der Waals surface area contributed by atoms with Crippen molar-refractivity contribution in [3.63, 3.8) is 0 Å². The number of phosphoric acid groups is 1. The van der Waals surface area contributed by atoms with Crippen LogP contribution >= 0.6 is 7.82 Å². The molecular formula is C2H6O4PSb+2. The third-order valence-corrected chi connectivity index (χ3v) is 1.34. The third kappa shape index (κ3) is 5.07. The second kappa shape index (κ2) is 4.77. The summed E-state index contributed by atoms with van der Waals surface area (Å²) in [5.74, 6) is 0. The number of phosphoric ester groups is 1. The summed E-state index contributed by atoms with van der Waals surface area (Å²) in [6.07, 6.45) is 0. The van der Waals surface area contributed by atoms with E-state index in [0.29, 0.717) is 0 Å². The molecule has 0 amide bonds. The minimum Gasteiger partial charge on any atom is -0.756 e. The van der Waals surface area contributed by atoms with Gasteiger partial charge < -0.3 is 13.9 Å². The van der Waals surface area contributed by atoms with Gasteiger partial charge >= 0.3 is 24.4 Å². The Morgan fingerprint density at radius 2 is 1.62 bits per heavy atom. The van der Waals surface area contributed by atoms with E-state index >= 15 is 0 Å². The molecule has 0 saturated heterocycles. The summed E-state index contributed by atoms with van der Waals surface area (Å²) >= 11 is 0. The Morgan fingerprint density at radius 3 is 1.62 bits per heavy atom. The first-order valence-electron chi connectivity index (χ1n) is 1.55. The van der Waals surface area contributed by atoms with Crippen LogP contribution in [-0.4, -0.2) is 38.6 Å². The fourth-order valence-corrected chi connectivity index (χ4v) is 0.224. The Morgan fingerprint density at radius 1 is 1.38 bits per heavy atom. The van der Waals surface area contributed by atoms with Crippen LogP contribution in [0.4, 0.5) is 0 Å². The van der Waals surface area contributed by atoms with Crippen LogP contribution in [0.1, 0.15) is 0 Å². The molecule has 0 aromatic heterocycles. The molecular weight excluding hydrogens is 241 g/mol. The normalized spacial score (nSPS) is 10.4. The monoisotopic (exact) mass is 246 g/mol. The fourth-order valence-electron chi connectivity index (χ4n) is 0.0745. The maximum absolute atomic E-state index is 9.95. The molecule has 0 atom stereocenters. The van der Waals surface area contributed by atoms with Crippen LogP contribution in [0.25, 0.3) is 0 Å². The van der Waals surface area contributed by atoms with Crippen LogP contribution in [0.15, 0.2) is 0 Å². The SMILES string of the molecule is COP(=O)([O-])OC.[Sb+3]. The van der Waals surface area contributed by atoms with Gasteiger partial charge in [-0.2, -0.15) is 0 Å². The van der Waals surface area contributed by atoms with Gasteiger partial charge in [-0.15, -0.1) is 0 Å². The molecule has 4 nitrogen and oxygen atoms in total. The zero-order chi connectivity index (χ0) is 5.91. The quantitative estimate of drug-likeness (QED) is 0.481. The average molecular weight is 247 g/mol. The van der Waals surface area contributed by atoms with Crippen LogP contribution in [0.5, 0.6) is 0 Å². The van der Waals surface area contributed by atoms with Crippen molar-refractivity contribution in [3.8, 4) is 0 Å². The molecule has 0 heterocycles. The van der Waals surface area contributed by atoms with Gasteiger partial charge in [-0.1, -0.05) is 0 Å². The van der Waals surface area contributed by atoms with Crippen LogP contribution < -0.4 is 4.89 Å². The Balaban J connectivity index is 0. The Kier molecular flexibility index (Phi) is 6.98. The third-order valence-electron chi connectivity index (χ3n) is 0.447. The molecule has 0 saturated carbocycles. The van der Waals surface area contributed by atoms with E-state index in [9.17, 15) is 9.46 Å². The minimum absolute atomic E-state index is 0. The molecule has 6 heteroatoms. The van der Waals surface area contributed by atoms with Crippen molar-refractivity contribution in [2.24, 2.45) is 0 Å². The van der Waals surface area contributed by atoms with E-state index < -0.39 is 7.82 Å². The zero-order valence-electron chi connectivity index (χ0n) is 4.53. The van der Waals surface area contributed by atoms with Crippen molar-refractivity contribution < 1.29 is 18.5 Å². The van der Waals surface area contributed by atoms with Crippen molar-refractivity contribution in [2.45, 2.75) is 0 Å². The van der Waals surface area contributed by atoms with E-state index in [-0.39, 0.29) is 24.4 Å². The van der Waals surface area contributed by atoms with Crippen molar-refractivity contribution in [1.29, 1.82) is 0 Å². The summed E-state index contributed by atoms with van der Waals surface area (Å²) < 4.78 is 17.7. The molecule has 0 aliphatic heterocycles. The predicted molar refractivity (Wildman–Crippen MR) is 27.4 cm³/mol. The van der Waals surface area contributed by atoms with Gasteiger partial charge in [0.05, 0.1) is 0 Å². The average Bonchev–Trinajstić information content (AvgIpc) is 1.68. The van der Waals surface area contributed by atoms with Crippen LogP contribution in [0, 0.1) is 0 Å². The van der Waals surface area contributed by atoms with Gasteiger partial charge in [-0.3, -0.25) is 4.57 Å². The van der Waals surface area contributed by atoms with Gasteiger partial charge in [0.25, 0.3) is 7.82 Å². The van der Waals surface area contributed by atoms with Crippen LogP contribution in [0.3, 0.4) is 0 Å². The zero-order valence-corrected chi connectivity index (χ0v) is 7.97. The number of rotatable bonds is 2. The van der Waals surface area contributed by atoms with Gasteiger partial charge in [0.2, 0.25) is 0 Å². The molecule has 0 spiro atoms. The van der Waals surface area contributed by atoms with Gasteiger partial charge in [0.15, 0.2) is 0 Å². The van der Waals surface area contributed by atoms with Crippen LogP contribution in [0.2, 0.25) is 0 Å². The minimum atomic E-state index is -3.90. The molecule has 0 rings (SSSR count). The van der Waals surface area contributed by atoms with Gasteiger partial charge in [-0.05, 0) is 0 Å². The maximum atomic E-state index is 9.95. The topological polar surface area (TPSA) is 58.6 Å². The van der Waals surface area contributed by atoms with E-state index in [0.717, 1.165) is 14.2 Å². The van der Waals surface area contributed by atoms with E-state index in [1.807, 2.05) is 0 Å². The number of hydrogen-bond acceptors (Lipinski definition) is 4. The standard InChI is InChI=1S/C2H7O4P.Sb/c1-5-7(3,4)6-2;/h1-2H3,(H,3,4);/q;+3/p-1. The molecule has 0 unspecified atom stereocenters. The van der Waals surface area contributed by atoms with Crippen molar-refractivity contribution >= 4 is 32.3 Å². The Labute approximate surface area is 65.2 Å². The molecule has 0 aromatic carbocycles.